The third-order valence-corrected chi connectivity index (χ3v) is 2.93. The van der Waals surface area contributed by atoms with Crippen LogP contribution in [-0.2, 0) is 0 Å². The molecule has 1 fully saturated rings. The number of nitrogens with zero attached hydrogens (tertiary/aromatic N) is 1. The fraction of sp³-hybridized carbons (Fsp3) is 1.00. The summed E-state index contributed by atoms with van der Waals surface area (Å²) in [6.45, 7) is 7.38. The van der Waals surface area contributed by atoms with Gasteiger partial charge in [-0.15, -0.1) is 0 Å². The van der Waals surface area contributed by atoms with Gasteiger partial charge in [0.25, 0.3) is 0 Å². The zero-order chi connectivity index (χ0) is 9.68. The second-order valence-corrected chi connectivity index (χ2v) is 4.38. The zero-order valence-electron chi connectivity index (χ0n) is 9.00. The SMILES string of the molecule is CCCC1CCN(CC(C)O)CC1. The molecule has 1 aliphatic rings. The van der Waals surface area contributed by atoms with E-state index in [1.165, 1.54) is 38.8 Å². The summed E-state index contributed by atoms with van der Waals surface area (Å²) in [5, 5.41) is 9.23. The van der Waals surface area contributed by atoms with E-state index in [9.17, 15) is 5.11 Å². The first-order chi connectivity index (χ1) is 6.22. The Hall–Kier alpha value is -0.0800. The summed E-state index contributed by atoms with van der Waals surface area (Å²) in [5.41, 5.74) is 0. The largest absolute Gasteiger partial charge is 0.392 e. The fourth-order valence-corrected chi connectivity index (χ4v) is 2.24. The minimum absolute atomic E-state index is 0.164. The Morgan fingerprint density at radius 3 is 2.46 bits per heavy atom. The van der Waals surface area contributed by atoms with Crippen molar-refractivity contribution in [3.8, 4) is 0 Å². The van der Waals surface area contributed by atoms with E-state index in [-0.39, 0.29) is 6.10 Å². The van der Waals surface area contributed by atoms with Crippen molar-refractivity contribution in [2.75, 3.05) is 19.6 Å². The molecule has 1 atom stereocenters. The van der Waals surface area contributed by atoms with E-state index in [0.29, 0.717) is 0 Å². The summed E-state index contributed by atoms with van der Waals surface area (Å²) >= 11 is 0. The maximum absolute atomic E-state index is 9.23. The van der Waals surface area contributed by atoms with Gasteiger partial charge in [-0.25, -0.2) is 0 Å². The molecule has 78 valence electrons. The molecule has 0 saturated carbocycles. The van der Waals surface area contributed by atoms with Crippen molar-refractivity contribution in [2.24, 2.45) is 5.92 Å². The molecule has 0 aromatic heterocycles. The van der Waals surface area contributed by atoms with E-state index in [1.807, 2.05) is 6.92 Å². The Bertz CT molecular complexity index is 128. The van der Waals surface area contributed by atoms with E-state index < -0.39 is 0 Å². The molecule has 1 N–H and O–H groups in total. The van der Waals surface area contributed by atoms with Crippen LogP contribution in [0.3, 0.4) is 0 Å². The van der Waals surface area contributed by atoms with Gasteiger partial charge in [-0.3, -0.25) is 0 Å². The van der Waals surface area contributed by atoms with Crippen molar-refractivity contribution in [1.29, 1.82) is 0 Å². The molecule has 2 nitrogen and oxygen atoms in total. The summed E-state index contributed by atoms with van der Waals surface area (Å²) < 4.78 is 0. The van der Waals surface area contributed by atoms with Crippen molar-refractivity contribution >= 4 is 0 Å². The lowest BCUT2D eigenvalue weighted by atomic mass is 9.92. The fourth-order valence-electron chi connectivity index (χ4n) is 2.24. The first kappa shape index (κ1) is 11.0. The second-order valence-electron chi connectivity index (χ2n) is 4.38. The van der Waals surface area contributed by atoms with Gasteiger partial charge in [0.05, 0.1) is 6.10 Å². The Morgan fingerprint density at radius 2 is 2.00 bits per heavy atom. The Morgan fingerprint density at radius 1 is 1.38 bits per heavy atom. The van der Waals surface area contributed by atoms with E-state index in [2.05, 4.69) is 11.8 Å². The molecule has 1 aliphatic heterocycles. The molecule has 1 heterocycles. The third kappa shape index (κ3) is 4.10. The lowest BCUT2D eigenvalue weighted by Crippen LogP contribution is -2.38. The van der Waals surface area contributed by atoms with Crippen molar-refractivity contribution in [1.82, 2.24) is 4.90 Å². The van der Waals surface area contributed by atoms with Crippen LogP contribution in [-0.4, -0.2) is 35.7 Å². The van der Waals surface area contributed by atoms with E-state index in [0.717, 1.165) is 12.5 Å². The minimum Gasteiger partial charge on any atom is -0.392 e. The maximum Gasteiger partial charge on any atom is 0.0639 e. The number of likely N-dealkylation sites (tertiary alicyclic amines) is 1. The number of aliphatic hydroxyl groups is 1. The van der Waals surface area contributed by atoms with Gasteiger partial charge in [-0.1, -0.05) is 19.8 Å². The number of hydrogen-bond donors (Lipinski definition) is 1. The molecule has 0 bridgehead atoms. The minimum atomic E-state index is -0.164. The molecule has 0 spiro atoms. The summed E-state index contributed by atoms with van der Waals surface area (Å²) in [6.07, 6.45) is 5.22. The summed E-state index contributed by atoms with van der Waals surface area (Å²) in [7, 11) is 0. The summed E-state index contributed by atoms with van der Waals surface area (Å²) in [6, 6.07) is 0. The smallest absolute Gasteiger partial charge is 0.0639 e. The molecule has 1 unspecified atom stereocenters. The van der Waals surface area contributed by atoms with Gasteiger partial charge in [-0.2, -0.15) is 0 Å². The van der Waals surface area contributed by atoms with Crippen LogP contribution in [0.4, 0.5) is 0 Å². The first-order valence-electron chi connectivity index (χ1n) is 5.62. The molecule has 0 aromatic carbocycles. The first-order valence-corrected chi connectivity index (χ1v) is 5.62. The van der Waals surface area contributed by atoms with E-state index in [1.54, 1.807) is 0 Å². The number of β-amino-alcohol motifs (C(OH)–C–C–N with tert-alkyl or cyclic N) is 1. The molecule has 0 amide bonds. The lowest BCUT2D eigenvalue weighted by molar-refractivity contribution is 0.0984. The lowest BCUT2D eigenvalue weighted by Gasteiger charge is -2.32. The number of rotatable bonds is 4. The summed E-state index contributed by atoms with van der Waals surface area (Å²) in [5.74, 6) is 0.954. The standard InChI is InChI=1S/C11H23NO/c1-3-4-11-5-7-12(8-6-11)9-10(2)13/h10-11,13H,3-9H2,1-2H3. The topological polar surface area (TPSA) is 23.5 Å². The van der Waals surface area contributed by atoms with Crippen LogP contribution >= 0.6 is 0 Å². The quantitative estimate of drug-likeness (QED) is 0.723. The van der Waals surface area contributed by atoms with Gasteiger partial charge in [0, 0.05) is 6.54 Å². The van der Waals surface area contributed by atoms with Crippen molar-refractivity contribution < 1.29 is 5.11 Å². The normalized spacial score (nSPS) is 23.3. The van der Waals surface area contributed by atoms with Gasteiger partial charge >= 0.3 is 0 Å². The molecule has 0 aliphatic carbocycles. The molecular weight excluding hydrogens is 162 g/mol. The van der Waals surface area contributed by atoms with Crippen LogP contribution in [0.1, 0.15) is 39.5 Å². The average molecular weight is 185 g/mol. The van der Waals surface area contributed by atoms with Crippen LogP contribution < -0.4 is 0 Å². The molecule has 1 saturated heterocycles. The van der Waals surface area contributed by atoms with E-state index >= 15 is 0 Å². The van der Waals surface area contributed by atoms with Crippen LogP contribution in [0, 0.1) is 5.92 Å². The third-order valence-electron chi connectivity index (χ3n) is 2.93. The molecule has 2 heteroatoms. The van der Waals surface area contributed by atoms with Gasteiger partial charge in [-0.05, 0) is 38.8 Å². The molecule has 13 heavy (non-hydrogen) atoms. The highest BCUT2D eigenvalue weighted by atomic mass is 16.3. The van der Waals surface area contributed by atoms with Crippen molar-refractivity contribution in [3.63, 3.8) is 0 Å². The van der Waals surface area contributed by atoms with Crippen molar-refractivity contribution in [3.05, 3.63) is 0 Å². The molecule has 0 radical (unpaired) electrons. The highest BCUT2D eigenvalue weighted by Crippen LogP contribution is 2.21. The Labute approximate surface area is 81.9 Å². The van der Waals surface area contributed by atoms with Crippen molar-refractivity contribution in [2.45, 2.75) is 45.6 Å². The highest BCUT2D eigenvalue weighted by Gasteiger charge is 2.18. The zero-order valence-corrected chi connectivity index (χ0v) is 9.00. The predicted molar refractivity (Wildman–Crippen MR) is 55.8 cm³/mol. The monoisotopic (exact) mass is 185 g/mol. The van der Waals surface area contributed by atoms with Gasteiger partial charge in [0.2, 0.25) is 0 Å². The number of aliphatic hydroxyl groups excluding tert-OH is 1. The highest BCUT2D eigenvalue weighted by molar-refractivity contribution is 4.72. The summed E-state index contributed by atoms with van der Waals surface area (Å²) in [4.78, 5) is 2.39. The van der Waals surface area contributed by atoms with E-state index in [4.69, 9.17) is 0 Å². The van der Waals surface area contributed by atoms with Gasteiger partial charge in [0.1, 0.15) is 0 Å². The van der Waals surface area contributed by atoms with Crippen LogP contribution in [0.25, 0.3) is 0 Å². The van der Waals surface area contributed by atoms with Crippen LogP contribution in [0.2, 0.25) is 0 Å². The molecule has 1 rings (SSSR count). The second kappa shape index (κ2) is 5.61. The van der Waals surface area contributed by atoms with Crippen LogP contribution in [0.5, 0.6) is 0 Å². The van der Waals surface area contributed by atoms with Gasteiger partial charge in [0.15, 0.2) is 0 Å². The van der Waals surface area contributed by atoms with Crippen LogP contribution in [0.15, 0.2) is 0 Å². The average Bonchev–Trinajstić information content (AvgIpc) is 2.08. The Kier molecular flexibility index (Phi) is 4.74. The molecular formula is C11H23NO. The maximum atomic E-state index is 9.23. The van der Waals surface area contributed by atoms with Gasteiger partial charge < -0.3 is 10.0 Å². The molecule has 0 aromatic rings. The Balaban J connectivity index is 2.15. The predicted octanol–water partition coefficient (Wildman–Crippen LogP) is 1.88. The number of piperidine rings is 1. The number of hydrogen-bond acceptors (Lipinski definition) is 2.